The zero-order valence-corrected chi connectivity index (χ0v) is 11.8. The van der Waals surface area contributed by atoms with Gasteiger partial charge >= 0.3 is 0 Å². The minimum absolute atomic E-state index is 0.0885. The van der Waals surface area contributed by atoms with Gasteiger partial charge < -0.3 is 5.11 Å². The highest BCUT2D eigenvalue weighted by Crippen LogP contribution is 2.37. The normalized spacial score (nSPS) is 19.7. The maximum Gasteiger partial charge on any atom is 0.170 e. The van der Waals surface area contributed by atoms with Crippen LogP contribution >= 0.6 is 23.2 Å². The number of hydrogen-bond acceptors (Lipinski definition) is 3. The van der Waals surface area contributed by atoms with E-state index in [9.17, 15) is 14.7 Å². The van der Waals surface area contributed by atoms with Gasteiger partial charge in [-0.15, -0.1) is 0 Å². The van der Waals surface area contributed by atoms with E-state index in [1.807, 2.05) is 0 Å². The van der Waals surface area contributed by atoms with E-state index in [1.165, 1.54) is 6.92 Å². The smallest absolute Gasteiger partial charge is 0.170 e. The zero-order chi connectivity index (χ0) is 14.2. The molecule has 0 bridgehead atoms. The Labute approximate surface area is 120 Å². The summed E-state index contributed by atoms with van der Waals surface area (Å²) in [7, 11) is 0. The van der Waals surface area contributed by atoms with Crippen LogP contribution in [0, 0.1) is 0 Å². The fraction of sp³-hybridized carbons (Fsp3) is 0.286. The van der Waals surface area contributed by atoms with Gasteiger partial charge in [-0.1, -0.05) is 23.2 Å². The van der Waals surface area contributed by atoms with E-state index in [4.69, 9.17) is 23.2 Å². The lowest BCUT2D eigenvalue weighted by molar-refractivity contribution is -0.124. The summed E-state index contributed by atoms with van der Waals surface area (Å²) in [5, 5.41) is 10.4. The SMILES string of the molecule is CC(O)=C1C(=O)CC(c2cc(Cl)ccc2Cl)CC1=O. The minimum Gasteiger partial charge on any atom is -0.512 e. The number of halogens is 2. The molecule has 1 aromatic rings. The van der Waals surface area contributed by atoms with Crippen LogP contribution in [0.1, 0.15) is 31.2 Å². The highest BCUT2D eigenvalue weighted by Gasteiger charge is 2.33. The Bertz CT molecular complexity index is 566. The molecule has 2 rings (SSSR count). The van der Waals surface area contributed by atoms with Crippen molar-refractivity contribution < 1.29 is 14.7 Å². The van der Waals surface area contributed by atoms with Crippen molar-refractivity contribution in [2.75, 3.05) is 0 Å². The lowest BCUT2D eigenvalue weighted by Crippen LogP contribution is -2.26. The summed E-state index contributed by atoms with van der Waals surface area (Å²) in [6, 6.07) is 4.98. The number of aliphatic hydroxyl groups is 1. The number of allylic oxidation sites excluding steroid dienone is 2. The molecule has 0 amide bonds. The first-order valence-corrected chi connectivity index (χ1v) is 6.57. The molecule has 0 unspecified atom stereocenters. The van der Waals surface area contributed by atoms with Gasteiger partial charge in [0.1, 0.15) is 5.76 Å². The van der Waals surface area contributed by atoms with Crippen LogP contribution < -0.4 is 0 Å². The molecule has 0 atom stereocenters. The predicted molar refractivity (Wildman–Crippen MR) is 73.8 cm³/mol. The maximum atomic E-state index is 11.9. The van der Waals surface area contributed by atoms with E-state index in [0.717, 1.165) is 0 Å². The fourth-order valence-electron chi connectivity index (χ4n) is 2.33. The topological polar surface area (TPSA) is 54.4 Å². The summed E-state index contributed by atoms with van der Waals surface area (Å²) in [5.74, 6) is -1.20. The van der Waals surface area contributed by atoms with Gasteiger partial charge in [0.15, 0.2) is 11.6 Å². The summed E-state index contributed by atoms with van der Waals surface area (Å²) in [6.45, 7) is 1.35. The van der Waals surface area contributed by atoms with Crippen molar-refractivity contribution >= 4 is 34.8 Å². The molecule has 0 aliphatic heterocycles. The Morgan fingerprint density at radius 3 is 2.32 bits per heavy atom. The molecule has 1 aliphatic carbocycles. The number of carbonyl (C=O) groups is 2. The number of rotatable bonds is 1. The Hall–Kier alpha value is -1.32. The van der Waals surface area contributed by atoms with E-state index in [-0.39, 0.29) is 41.7 Å². The second-order valence-corrected chi connectivity index (χ2v) is 5.42. The van der Waals surface area contributed by atoms with Crippen molar-refractivity contribution in [1.29, 1.82) is 0 Å². The molecule has 1 fully saturated rings. The molecule has 0 radical (unpaired) electrons. The van der Waals surface area contributed by atoms with Crippen molar-refractivity contribution in [2.45, 2.75) is 25.7 Å². The van der Waals surface area contributed by atoms with Crippen LogP contribution in [0.25, 0.3) is 0 Å². The van der Waals surface area contributed by atoms with Crippen molar-refractivity contribution in [3.63, 3.8) is 0 Å². The van der Waals surface area contributed by atoms with Crippen LogP contribution in [-0.4, -0.2) is 16.7 Å². The number of hydrogen-bond donors (Lipinski definition) is 1. The predicted octanol–water partition coefficient (Wildman–Crippen LogP) is 3.84. The van der Waals surface area contributed by atoms with Gasteiger partial charge in [0.2, 0.25) is 0 Å². The molecule has 19 heavy (non-hydrogen) atoms. The Balaban J connectivity index is 2.36. The summed E-state index contributed by atoms with van der Waals surface area (Å²) in [6.07, 6.45) is 0.304. The standard InChI is InChI=1S/C14H12Cl2O3/c1-7(17)14-12(18)4-8(5-13(14)19)10-6-9(15)2-3-11(10)16/h2-3,6,8,17H,4-5H2,1H3. The second kappa shape index (κ2) is 5.35. The third kappa shape index (κ3) is 2.82. The quantitative estimate of drug-likeness (QED) is 0.487. The maximum absolute atomic E-state index is 11.9. The number of aliphatic hydroxyl groups excluding tert-OH is 1. The molecule has 100 valence electrons. The van der Waals surface area contributed by atoms with Crippen LogP contribution in [0.2, 0.25) is 10.0 Å². The third-order valence-corrected chi connectivity index (χ3v) is 3.76. The van der Waals surface area contributed by atoms with E-state index in [1.54, 1.807) is 18.2 Å². The molecular weight excluding hydrogens is 287 g/mol. The van der Waals surface area contributed by atoms with Crippen LogP contribution in [0.4, 0.5) is 0 Å². The number of ketones is 2. The Kier molecular flexibility index (Phi) is 3.97. The summed E-state index contributed by atoms with van der Waals surface area (Å²) >= 11 is 12.0. The average Bonchev–Trinajstić information content (AvgIpc) is 2.30. The lowest BCUT2D eigenvalue weighted by Gasteiger charge is -2.23. The Morgan fingerprint density at radius 2 is 1.79 bits per heavy atom. The van der Waals surface area contributed by atoms with E-state index in [0.29, 0.717) is 15.6 Å². The van der Waals surface area contributed by atoms with Gasteiger partial charge in [0.25, 0.3) is 0 Å². The van der Waals surface area contributed by atoms with Gasteiger partial charge in [-0.2, -0.15) is 0 Å². The number of carbonyl (C=O) groups excluding carboxylic acids is 2. The molecule has 1 N–H and O–H groups in total. The van der Waals surface area contributed by atoms with Crippen LogP contribution in [0.3, 0.4) is 0 Å². The second-order valence-electron chi connectivity index (χ2n) is 4.58. The van der Waals surface area contributed by atoms with Gasteiger partial charge in [-0.25, -0.2) is 0 Å². The van der Waals surface area contributed by atoms with E-state index >= 15 is 0 Å². The zero-order valence-electron chi connectivity index (χ0n) is 10.2. The number of Topliss-reactive ketones (excluding diaryl/α,β-unsaturated/α-hetero) is 2. The fourth-order valence-corrected chi connectivity index (χ4v) is 2.78. The molecular formula is C14H12Cl2O3. The first-order chi connectivity index (χ1) is 8.90. The molecule has 0 saturated heterocycles. The van der Waals surface area contributed by atoms with Gasteiger partial charge in [-0.05, 0) is 36.6 Å². The van der Waals surface area contributed by atoms with Crippen molar-refractivity contribution in [1.82, 2.24) is 0 Å². The third-order valence-electron chi connectivity index (χ3n) is 3.18. The van der Waals surface area contributed by atoms with E-state index in [2.05, 4.69) is 0 Å². The molecule has 0 aromatic heterocycles. The largest absolute Gasteiger partial charge is 0.512 e. The van der Waals surface area contributed by atoms with E-state index < -0.39 is 0 Å². The monoisotopic (exact) mass is 298 g/mol. The molecule has 1 saturated carbocycles. The number of benzene rings is 1. The minimum atomic E-state index is -0.350. The van der Waals surface area contributed by atoms with Gasteiger partial charge in [0.05, 0.1) is 5.57 Å². The summed E-state index contributed by atoms with van der Waals surface area (Å²) in [5.41, 5.74) is 0.611. The van der Waals surface area contributed by atoms with Crippen LogP contribution in [0.5, 0.6) is 0 Å². The van der Waals surface area contributed by atoms with Crippen molar-refractivity contribution in [3.05, 3.63) is 45.1 Å². The van der Waals surface area contributed by atoms with Crippen LogP contribution in [0.15, 0.2) is 29.5 Å². The van der Waals surface area contributed by atoms with Gasteiger partial charge in [0, 0.05) is 22.9 Å². The van der Waals surface area contributed by atoms with Gasteiger partial charge in [-0.3, -0.25) is 9.59 Å². The summed E-state index contributed by atoms with van der Waals surface area (Å²) < 4.78 is 0. The highest BCUT2D eigenvalue weighted by atomic mass is 35.5. The lowest BCUT2D eigenvalue weighted by atomic mass is 9.79. The molecule has 3 nitrogen and oxygen atoms in total. The molecule has 5 heteroatoms. The first kappa shape index (κ1) is 14.1. The highest BCUT2D eigenvalue weighted by molar-refractivity contribution is 6.33. The van der Waals surface area contributed by atoms with Crippen molar-refractivity contribution in [2.24, 2.45) is 0 Å². The first-order valence-electron chi connectivity index (χ1n) is 5.81. The molecule has 1 aromatic carbocycles. The molecule has 0 spiro atoms. The molecule has 0 heterocycles. The molecule has 1 aliphatic rings. The Morgan fingerprint density at radius 1 is 1.21 bits per heavy atom. The van der Waals surface area contributed by atoms with Crippen molar-refractivity contribution in [3.8, 4) is 0 Å². The summed E-state index contributed by atoms with van der Waals surface area (Å²) in [4.78, 5) is 23.8. The average molecular weight is 299 g/mol. The van der Waals surface area contributed by atoms with Crippen LogP contribution in [-0.2, 0) is 9.59 Å².